The lowest BCUT2D eigenvalue weighted by Gasteiger charge is -1.99. The summed E-state index contributed by atoms with van der Waals surface area (Å²) in [5.74, 6) is -0.315. The van der Waals surface area contributed by atoms with E-state index < -0.39 is 0 Å². The molecule has 15 heavy (non-hydrogen) atoms. The Morgan fingerprint density at radius 1 is 1.40 bits per heavy atom. The van der Waals surface area contributed by atoms with Crippen LogP contribution in [0.4, 0.5) is 0 Å². The van der Waals surface area contributed by atoms with Gasteiger partial charge in [0.05, 0.1) is 0 Å². The molecule has 0 saturated carbocycles. The molecule has 2 N–H and O–H groups in total. The molecule has 2 nitrogen and oxygen atoms in total. The summed E-state index contributed by atoms with van der Waals surface area (Å²) in [6.45, 7) is 5.83. The number of benzene rings is 1. The van der Waals surface area contributed by atoms with Crippen LogP contribution < -0.4 is 5.73 Å². The summed E-state index contributed by atoms with van der Waals surface area (Å²) in [5.41, 5.74) is 8.25. The molecule has 0 fully saturated rings. The van der Waals surface area contributed by atoms with Gasteiger partial charge in [0.25, 0.3) is 0 Å². The number of carbonyl (C=O) groups is 1. The van der Waals surface area contributed by atoms with E-state index in [2.05, 4.69) is 6.58 Å². The molecule has 78 valence electrons. The van der Waals surface area contributed by atoms with Crippen molar-refractivity contribution < 1.29 is 4.79 Å². The molecule has 0 heterocycles. The summed E-state index contributed by atoms with van der Waals surface area (Å²) in [6.07, 6.45) is 3.92. The fraction of sp³-hybridized carbons (Fsp3) is 0.154. The third-order valence-electron chi connectivity index (χ3n) is 2.03. The van der Waals surface area contributed by atoms with Gasteiger partial charge in [0.1, 0.15) is 0 Å². The van der Waals surface area contributed by atoms with Crippen LogP contribution in [-0.4, -0.2) is 5.91 Å². The molecule has 0 aliphatic carbocycles. The van der Waals surface area contributed by atoms with E-state index in [-0.39, 0.29) is 12.3 Å². The lowest BCUT2D eigenvalue weighted by atomic mass is 10.1. The second kappa shape index (κ2) is 5.15. The van der Waals surface area contributed by atoms with Crippen molar-refractivity contribution in [3.63, 3.8) is 0 Å². The van der Waals surface area contributed by atoms with Gasteiger partial charge in [-0.05, 0) is 18.1 Å². The highest BCUT2D eigenvalue weighted by Gasteiger charge is 1.92. The van der Waals surface area contributed by atoms with E-state index in [0.717, 1.165) is 16.7 Å². The van der Waals surface area contributed by atoms with Gasteiger partial charge in [0, 0.05) is 6.42 Å². The number of primary amides is 1. The summed E-state index contributed by atoms with van der Waals surface area (Å²) < 4.78 is 0. The van der Waals surface area contributed by atoms with Crippen LogP contribution in [0.15, 0.2) is 36.9 Å². The van der Waals surface area contributed by atoms with Gasteiger partial charge < -0.3 is 5.73 Å². The molecule has 0 aliphatic heterocycles. The van der Waals surface area contributed by atoms with E-state index >= 15 is 0 Å². The van der Waals surface area contributed by atoms with Crippen molar-refractivity contribution in [1.82, 2.24) is 0 Å². The molecular weight excluding hydrogens is 186 g/mol. The van der Waals surface area contributed by atoms with Crippen LogP contribution >= 0.6 is 0 Å². The Bertz CT molecular complexity index is 388. The monoisotopic (exact) mass is 201 g/mol. The van der Waals surface area contributed by atoms with E-state index in [0.29, 0.717) is 0 Å². The highest BCUT2D eigenvalue weighted by Crippen LogP contribution is 2.13. The number of rotatable bonds is 4. The summed E-state index contributed by atoms with van der Waals surface area (Å²) >= 11 is 0. The van der Waals surface area contributed by atoms with Crippen LogP contribution in [0.2, 0.25) is 0 Å². The van der Waals surface area contributed by atoms with E-state index in [1.54, 1.807) is 6.08 Å². The van der Waals surface area contributed by atoms with Crippen LogP contribution in [0.1, 0.15) is 24.5 Å². The van der Waals surface area contributed by atoms with Crippen molar-refractivity contribution in [2.75, 3.05) is 0 Å². The SMILES string of the molecule is C=C(C)c1ccc(C=CCC(N)=O)cc1. The van der Waals surface area contributed by atoms with Crippen LogP contribution in [0.3, 0.4) is 0 Å². The maximum Gasteiger partial charge on any atom is 0.221 e. The number of hydrogen-bond acceptors (Lipinski definition) is 1. The number of hydrogen-bond donors (Lipinski definition) is 1. The van der Waals surface area contributed by atoms with Crippen molar-refractivity contribution in [2.24, 2.45) is 5.73 Å². The van der Waals surface area contributed by atoms with Gasteiger partial charge in [0.2, 0.25) is 5.91 Å². The molecule has 0 bridgehead atoms. The number of allylic oxidation sites excluding steroid dienone is 1. The average molecular weight is 201 g/mol. The maximum absolute atomic E-state index is 10.5. The highest BCUT2D eigenvalue weighted by atomic mass is 16.1. The van der Waals surface area contributed by atoms with Crippen molar-refractivity contribution in [2.45, 2.75) is 13.3 Å². The molecule has 1 aromatic rings. The van der Waals surface area contributed by atoms with Gasteiger partial charge in [-0.25, -0.2) is 0 Å². The van der Waals surface area contributed by atoms with E-state index in [9.17, 15) is 4.79 Å². The highest BCUT2D eigenvalue weighted by molar-refractivity contribution is 5.76. The summed E-state index contributed by atoms with van der Waals surface area (Å²) in [7, 11) is 0. The number of amides is 1. The van der Waals surface area contributed by atoms with Crippen LogP contribution in [0, 0.1) is 0 Å². The minimum absolute atomic E-state index is 0.280. The first-order valence-electron chi connectivity index (χ1n) is 4.80. The van der Waals surface area contributed by atoms with Crippen molar-refractivity contribution in [3.05, 3.63) is 48.0 Å². The quantitative estimate of drug-likeness (QED) is 0.799. The van der Waals surface area contributed by atoms with Gasteiger partial charge in [-0.2, -0.15) is 0 Å². The Morgan fingerprint density at radius 2 is 2.00 bits per heavy atom. The normalized spacial score (nSPS) is 10.5. The molecule has 2 heteroatoms. The van der Waals surface area contributed by atoms with E-state index in [4.69, 9.17) is 5.73 Å². The lowest BCUT2D eigenvalue weighted by Crippen LogP contribution is -2.07. The Kier molecular flexibility index (Phi) is 3.86. The zero-order chi connectivity index (χ0) is 11.3. The van der Waals surface area contributed by atoms with Gasteiger partial charge in [-0.3, -0.25) is 4.79 Å². The zero-order valence-electron chi connectivity index (χ0n) is 8.86. The smallest absolute Gasteiger partial charge is 0.221 e. The topological polar surface area (TPSA) is 43.1 Å². The molecule has 0 unspecified atom stereocenters. The molecular formula is C13H15NO. The van der Waals surface area contributed by atoms with Crippen LogP contribution in [0.25, 0.3) is 11.6 Å². The molecule has 1 aromatic carbocycles. The molecule has 0 spiro atoms. The summed E-state index contributed by atoms with van der Waals surface area (Å²) in [6, 6.07) is 7.99. The molecule has 0 aromatic heterocycles. The second-order valence-electron chi connectivity index (χ2n) is 3.48. The predicted octanol–water partition coefficient (Wildman–Crippen LogP) is 2.61. The Labute approximate surface area is 90.1 Å². The largest absolute Gasteiger partial charge is 0.369 e. The first-order valence-corrected chi connectivity index (χ1v) is 4.80. The minimum atomic E-state index is -0.315. The second-order valence-corrected chi connectivity index (χ2v) is 3.48. The van der Waals surface area contributed by atoms with Crippen LogP contribution in [-0.2, 0) is 4.79 Å². The third-order valence-corrected chi connectivity index (χ3v) is 2.03. The lowest BCUT2D eigenvalue weighted by molar-refractivity contribution is -0.117. The number of carbonyl (C=O) groups excluding carboxylic acids is 1. The molecule has 0 radical (unpaired) electrons. The summed E-state index contributed by atoms with van der Waals surface area (Å²) in [4.78, 5) is 10.5. The minimum Gasteiger partial charge on any atom is -0.369 e. The van der Waals surface area contributed by atoms with Crippen LogP contribution in [0.5, 0.6) is 0 Å². The summed E-state index contributed by atoms with van der Waals surface area (Å²) in [5, 5.41) is 0. The molecule has 0 aliphatic rings. The van der Waals surface area contributed by atoms with E-state index in [1.165, 1.54) is 0 Å². The Balaban J connectivity index is 2.68. The molecule has 0 saturated heterocycles. The maximum atomic E-state index is 10.5. The standard InChI is InChI=1S/C13H15NO/c1-10(2)12-8-6-11(7-9-12)4-3-5-13(14)15/h3-4,6-9H,1,5H2,2H3,(H2,14,15). The fourth-order valence-electron chi connectivity index (χ4n) is 1.19. The van der Waals surface area contributed by atoms with Crippen molar-refractivity contribution in [1.29, 1.82) is 0 Å². The van der Waals surface area contributed by atoms with Gasteiger partial charge in [-0.15, -0.1) is 0 Å². The average Bonchev–Trinajstić information content (AvgIpc) is 2.18. The third kappa shape index (κ3) is 3.81. The van der Waals surface area contributed by atoms with Crippen molar-refractivity contribution >= 4 is 17.6 Å². The zero-order valence-corrected chi connectivity index (χ0v) is 8.86. The molecule has 0 atom stereocenters. The van der Waals surface area contributed by atoms with Gasteiger partial charge in [-0.1, -0.05) is 48.6 Å². The predicted molar refractivity (Wildman–Crippen MR) is 64.0 cm³/mol. The first kappa shape index (κ1) is 11.2. The van der Waals surface area contributed by atoms with Gasteiger partial charge >= 0.3 is 0 Å². The van der Waals surface area contributed by atoms with E-state index in [1.807, 2.05) is 37.3 Å². The fourth-order valence-corrected chi connectivity index (χ4v) is 1.19. The Morgan fingerprint density at radius 3 is 2.47 bits per heavy atom. The van der Waals surface area contributed by atoms with Gasteiger partial charge in [0.15, 0.2) is 0 Å². The molecule has 1 rings (SSSR count). The molecule has 1 amide bonds. The van der Waals surface area contributed by atoms with Crippen molar-refractivity contribution in [3.8, 4) is 0 Å². The Hall–Kier alpha value is -1.83. The number of nitrogens with two attached hydrogens (primary N) is 1. The first-order chi connectivity index (χ1) is 7.09.